The highest BCUT2D eigenvalue weighted by molar-refractivity contribution is 5.88. The third kappa shape index (κ3) is 7.90. The second-order valence-electron chi connectivity index (χ2n) is 16.5. The first-order chi connectivity index (χ1) is 32.5. The van der Waals surface area contributed by atoms with E-state index in [0.29, 0.717) is 0 Å². The Labute approximate surface area is 384 Å². The summed E-state index contributed by atoms with van der Waals surface area (Å²) in [4.78, 5) is 6.91. The fraction of sp³-hybridized carbons (Fsp3) is 0.0333. The topological polar surface area (TPSA) is 21.8 Å². The van der Waals surface area contributed by atoms with Crippen molar-refractivity contribution in [2.45, 2.75) is 12.3 Å². The van der Waals surface area contributed by atoms with Crippen LogP contribution in [0.3, 0.4) is 0 Å². The number of nitrogens with one attached hydrogen (secondary N) is 1. The van der Waals surface area contributed by atoms with E-state index in [1.807, 2.05) is 36.4 Å². The number of hydrogen-bond acceptors (Lipinski definition) is 4. The van der Waals surface area contributed by atoms with E-state index in [1.165, 1.54) is 41.2 Å². The van der Waals surface area contributed by atoms with E-state index in [9.17, 15) is 8.78 Å². The lowest BCUT2D eigenvalue weighted by molar-refractivity contribution is 0.627. The van der Waals surface area contributed by atoms with Gasteiger partial charge in [-0.25, -0.2) is 8.78 Å². The number of hydrogen-bond donors (Lipinski definition) is 1. The Kier molecular flexibility index (Phi) is 10.7. The summed E-state index contributed by atoms with van der Waals surface area (Å²) in [5, 5.41) is 3.52. The van der Waals surface area contributed by atoms with Crippen molar-refractivity contribution in [3.63, 3.8) is 0 Å². The minimum absolute atomic E-state index is 0.145. The van der Waals surface area contributed by atoms with E-state index in [4.69, 9.17) is 0 Å². The fourth-order valence-electron chi connectivity index (χ4n) is 9.36. The highest BCUT2D eigenvalue weighted by Gasteiger charge is 2.37. The number of anilines is 9. The Morgan fingerprint density at radius 2 is 0.955 bits per heavy atom. The Bertz CT molecular complexity index is 3190. The van der Waals surface area contributed by atoms with Gasteiger partial charge in [0.25, 0.3) is 0 Å². The van der Waals surface area contributed by atoms with E-state index < -0.39 is 0 Å². The molecule has 318 valence electrons. The van der Waals surface area contributed by atoms with Gasteiger partial charge >= 0.3 is 0 Å². The highest BCUT2D eigenvalue weighted by Crippen LogP contribution is 2.53. The molecule has 66 heavy (non-hydrogen) atoms. The normalized spacial score (nSPS) is 13.8. The van der Waals surface area contributed by atoms with Crippen molar-refractivity contribution in [2.24, 2.45) is 0 Å². The SMILES string of the molecule is Fc1ccc(Nc2ccc(N(c3ccccc3)c3ccc(-c4ccc(N(C5=CC=C6C(C5)c5ccccc5N6c5ccc(F)cc5)c5ccccc5)cc4)cc3)cc2-c2ccccc2)cc1. The molecule has 2 aliphatic rings. The molecule has 0 aromatic heterocycles. The van der Waals surface area contributed by atoms with Crippen LogP contribution in [0.15, 0.2) is 254 Å². The Hall–Kier alpha value is -8.48. The lowest BCUT2D eigenvalue weighted by Crippen LogP contribution is -2.22. The summed E-state index contributed by atoms with van der Waals surface area (Å²) in [6, 6.07) is 77.1. The average Bonchev–Trinajstić information content (AvgIpc) is 3.70. The number of allylic oxidation sites excluding steroid dienone is 4. The van der Waals surface area contributed by atoms with Gasteiger partial charge in [-0.15, -0.1) is 0 Å². The molecule has 0 saturated heterocycles. The number of halogens is 2. The zero-order chi connectivity index (χ0) is 44.4. The van der Waals surface area contributed by atoms with Crippen LogP contribution in [0.5, 0.6) is 0 Å². The zero-order valence-electron chi connectivity index (χ0n) is 36.0. The lowest BCUT2D eigenvalue weighted by atomic mass is 9.89. The third-order valence-corrected chi connectivity index (χ3v) is 12.5. The second kappa shape index (κ2) is 17.6. The standard InChI is InChI=1S/C60H44F2N4/c61-45-24-28-47(29-25-45)63-58-38-36-53(40-56(58)44-12-4-1-5-13-44)64(48-14-6-2-7-15-48)50-30-20-42(21-31-50)43-22-32-51(33-23-43)65(49-16-8-3-9-17-49)54-37-39-60-57(41-54)55-18-10-11-19-59(55)66(60)52-34-26-46(62)27-35-52/h1-40,57,63H,41H2. The minimum atomic E-state index is -0.270. The predicted molar refractivity (Wildman–Crippen MR) is 269 cm³/mol. The lowest BCUT2D eigenvalue weighted by Gasteiger charge is -2.33. The number of para-hydroxylation sites is 3. The van der Waals surface area contributed by atoms with Crippen LogP contribution in [-0.2, 0) is 0 Å². The van der Waals surface area contributed by atoms with Crippen LogP contribution in [0, 0.1) is 11.6 Å². The minimum Gasteiger partial charge on any atom is -0.355 e. The van der Waals surface area contributed by atoms with Gasteiger partial charge in [-0.2, -0.15) is 0 Å². The molecule has 0 amide bonds. The molecule has 1 unspecified atom stereocenters. The van der Waals surface area contributed by atoms with Crippen LogP contribution in [-0.4, -0.2) is 0 Å². The number of fused-ring (bicyclic) bond motifs is 3. The third-order valence-electron chi connectivity index (χ3n) is 12.5. The maximum atomic E-state index is 14.0. The van der Waals surface area contributed by atoms with E-state index in [-0.39, 0.29) is 17.6 Å². The average molecular weight is 859 g/mol. The number of nitrogens with zero attached hydrogens (tertiary/aromatic N) is 3. The van der Waals surface area contributed by atoms with Gasteiger partial charge in [-0.1, -0.05) is 109 Å². The molecule has 0 fully saturated rings. The first-order valence-corrected chi connectivity index (χ1v) is 22.2. The smallest absolute Gasteiger partial charge is 0.123 e. The summed E-state index contributed by atoms with van der Waals surface area (Å²) in [5.41, 5.74) is 17.0. The molecule has 1 aliphatic carbocycles. The van der Waals surface area contributed by atoms with Crippen molar-refractivity contribution < 1.29 is 8.78 Å². The van der Waals surface area contributed by atoms with Crippen LogP contribution >= 0.6 is 0 Å². The number of rotatable bonds is 11. The molecule has 4 nitrogen and oxygen atoms in total. The van der Waals surface area contributed by atoms with Crippen molar-refractivity contribution in [3.05, 3.63) is 271 Å². The van der Waals surface area contributed by atoms with Gasteiger partial charge in [0.05, 0.1) is 0 Å². The van der Waals surface area contributed by atoms with E-state index >= 15 is 0 Å². The maximum Gasteiger partial charge on any atom is 0.123 e. The zero-order valence-corrected chi connectivity index (χ0v) is 36.0. The molecular formula is C60H44F2N4. The van der Waals surface area contributed by atoms with Crippen molar-refractivity contribution in [2.75, 3.05) is 20.0 Å². The van der Waals surface area contributed by atoms with Crippen LogP contribution in [0.25, 0.3) is 22.3 Å². The first-order valence-electron chi connectivity index (χ1n) is 22.2. The molecule has 1 atom stereocenters. The molecule has 9 aromatic rings. The molecule has 9 aromatic carbocycles. The van der Waals surface area contributed by atoms with Gasteiger partial charge in [0.15, 0.2) is 0 Å². The Balaban J connectivity index is 0.907. The Morgan fingerprint density at radius 3 is 1.59 bits per heavy atom. The molecule has 0 saturated carbocycles. The molecule has 6 heteroatoms. The molecule has 1 aliphatic heterocycles. The maximum absolute atomic E-state index is 14.0. The van der Waals surface area contributed by atoms with Crippen molar-refractivity contribution in [1.82, 2.24) is 0 Å². The van der Waals surface area contributed by atoms with Crippen LogP contribution < -0.4 is 20.0 Å². The molecule has 1 heterocycles. The van der Waals surface area contributed by atoms with Gasteiger partial charge < -0.3 is 20.0 Å². The quantitative estimate of drug-likeness (QED) is 0.140. The monoisotopic (exact) mass is 858 g/mol. The number of benzene rings is 9. The van der Waals surface area contributed by atoms with Crippen LogP contribution in [0.4, 0.5) is 60.0 Å². The van der Waals surface area contributed by atoms with Crippen LogP contribution in [0.1, 0.15) is 17.9 Å². The van der Waals surface area contributed by atoms with Gasteiger partial charge in [0.1, 0.15) is 11.6 Å². The summed E-state index contributed by atoms with van der Waals surface area (Å²) in [5.74, 6) is -0.367. The predicted octanol–water partition coefficient (Wildman–Crippen LogP) is 16.8. The molecular weight excluding hydrogens is 815 g/mol. The van der Waals surface area contributed by atoms with E-state index in [1.54, 1.807) is 12.1 Å². The summed E-state index contributed by atoms with van der Waals surface area (Å²) in [6.45, 7) is 0. The van der Waals surface area contributed by atoms with Gasteiger partial charge in [-0.3, -0.25) is 0 Å². The van der Waals surface area contributed by atoms with Gasteiger partial charge in [-0.05, 0) is 156 Å². The molecule has 0 spiro atoms. The molecule has 1 N–H and O–H groups in total. The van der Waals surface area contributed by atoms with E-state index in [0.717, 1.165) is 79.9 Å². The van der Waals surface area contributed by atoms with E-state index in [2.05, 4.69) is 190 Å². The summed E-state index contributed by atoms with van der Waals surface area (Å²) in [7, 11) is 0. The largest absolute Gasteiger partial charge is 0.355 e. The fourth-order valence-corrected chi connectivity index (χ4v) is 9.36. The Morgan fingerprint density at radius 1 is 0.439 bits per heavy atom. The second-order valence-corrected chi connectivity index (χ2v) is 16.5. The summed E-state index contributed by atoms with van der Waals surface area (Å²) < 4.78 is 27.8. The summed E-state index contributed by atoms with van der Waals surface area (Å²) in [6.07, 6.45) is 5.28. The summed E-state index contributed by atoms with van der Waals surface area (Å²) >= 11 is 0. The first kappa shape index (κ1) is 40.3. The van der Waals surface area contributed by atoms with Crippen molar-refractivity contribution in [1.29, 1.82) is 0 Å². The van der Waals surface area contributed by atoms with Crippen LogP contribution in [0.2, 0.25) is 0 Å². The highest BCUT2D eigenvalue weighted by atomic mass is 19.1. The molecule has 0 radical (unpaired) electrons. The van der Waals surface area contributed by atoms with Gasteiger partial charge in [0, 0.05) is 80.5 Å². The molecule has 0 bridgehead atoms. The van der Waals surface area contributed by atoms with Crippen molar-refractivity contribution in [3.8, 4) is 22.3 Å². The molecule has 11 rings (SSSR count). The van der Waals surface area contributed by atoms with Gasteiger partial charge in [0.2, 0.25) is 0 Å². The van der Waals surface area contributed by atoms with Crippen molar-refractivity contribution >= 4 is 51.2 Å².